The minimum absolute atomic E-state index is 0.0826. The highest BCUT2D eigenvalue weighted by Gasteiger charge is 2.39. The molecule has 2 aliphatic heterocycles. The molecular weight excluding hydrogens is 542 g/mol. The van der Waals surface area contributed by atoms with Crippen LogP contribution in [0.1, 0.15) is 51.4 Å². The Labute approximate surface area is 241 Å². The van der Waals surface area contributed by atoms with E-state index in [4.69, 9.17) is 47.1 Å². The maximum absolute atomic E-state index is 11.8. The van der Waals surface area contributed by atoms with Crippen molar-refractivity contribution in [1.82, 2.24) is 10.6 Å². The zero-order valence-corrected chi connectivity index (χ0v) is 24.0. The van der Waals surface area contributed by atoms with E-state index in [9.17, 15) is 15.0 Å². The molecule has 8 unspecified atom stereocenters. The average Bonchev–Trinajstić information content (AvgIpc) is 2.93. The van der Waals surface area contributed by atoms with E-state index in [1.807, 2.05) is 0 Å². The number of carbonyl (C=O) groups is 1. The molecule has 0 spiro atoms. The third-order valence-corrected chi connectivity index (χ3v) is 7.75. The minimum atomic E-state index is -1.26. The lowest BCUT2D eigenvalue weighted by Gasteiger charge is -2.41. The summed E-state index contributed by atoms with van der Waals surface area (Å²) in [7, 11) is 1.00. The summed E-state index contributed by atoms with van der Waals surface area (Å²) in [6.45, 7) is 1.71. The molecule has 0 bridgehead atoms. The Morgan fingerprint density at radius 2 is 1.71 bits per heavy atom. The summed E-state index contributed by atoms with van der Waals surface area (Å²) in [5, 5.41) is 59.6. The van der Waals surface area contributed by atoms with Crippen LogP contribution in [0.4, 0.5) is 0 Å². The van der Waals surface area contributed by atoms with Gasteiger partial charge in [-0.1, -0.05) is 0 Å². The molecule has 2 heterocycles. The summed E-state index contributed by atoms with van der Waals surface area (Å²) in [6.07, 6.45) is 0.265. The first-order valence-corrected chi connectivity index (χ1v) is 14.6. The van der Waals surface area contributed by atoms with Gasteiger partial charge in [-0.3, -0.25) is 4.79 Å². The summed E-state index contributed by atoms with van der Waals surface area (Å²) in [5.41, 5.74) is 17.4. The third-order valence-electron chi connectivity index (χ3n) is 7.75. The molecule has 4 aliphatic rings. The zero-order valence-electron chi connectivity index (χ0n) is 24.0. The van der Waals surface area contributed by atoms with Crippen molar-refractivity contribution in [3.05, 3.63) is 0 Å². The van der Waals surface area contributed by atoms with Crippen LogP contribution in [0, 0.1) is 5.92 Å². The lowest BCUT2D eigenvalue weighted by Crippen LogP contribution is -2.58. The quantitative estimate of drug-likeness (QED) is 0.121. The van der Waals surface area contributed by atoms with E-state index in [0.717, 1.165) is 52.3 Å². The molecule has 10 atom stereocenters. The molecule has 0 aromatic heterocycles. The molecule has 0 radical (unpaired) electrons. The first-order valence-electron chi connectivity index (χ1n) is 14.6. The lowest BCUT2D eigenvalue weighted by molar-refractivity contribution is -0.237. The minimum Gasteiger partial charge on any atom is -0.400 e. The van der Waals surface area contributed by atoms with Crippen LogP contribution in [0.15, 0.2) is 0 Å². The highest BCUT2D eigenvalue weighted by atomic mass is 16.7. The molecule has 41 heavy (non-hydrogen) atoms. The van der Waals surface area contributed by atoms with Crippen molar-refractivity contribution in [3.63, 3.8) is 0 Å². The predicted octanol–water partition coefficient (Wildman–Crippen LogP) is -4.06. The topological polar surface area (TPSA) is 268 Å². The van der Waals surface area contributed by atoms with Crippen molar-refractivity contribution in [2.75, 3.05) is 33.4 Å². The molecule has 1 amide bonds. The molecule has 0 aromatic rings. The number of aliphatic hydroxyl groups is 6. The van der Waals surface area contributed by atoms with Crippen LogP contribution >= 0.6 is 0 Å². The van der Waals surface area contributed by atoms with Gasteiger partial charge >= 0.3 is 0 Å². The summed E-state index contributed by atoms with van der Waals surface area (Å²) in [6, 6.07) is -0.406. The Morgan fingerprint density at radius 3 is 2.29 bits per heavy atom. The second-order valence-corrected chi connectivity index (χ2v) is 11.3. The second-order valence-electron chi connectivity index (χ2n) is 11.3. The van der Waals surface area contributed by atoms with Crippen LogP contribution in [0.5, 0.6) is 0 Å². The molecule has 4 fully saturated rings. The van der Waals surface area contributed by atoms with E-state index in [1.165, 1.54) is 0 Å². The third kappa shape index (κ3) is 12.2. The van der Waals surface area contributed by atoms with Gasteiger partial charge < -0.3 is 72.7 Å². The molecule has 15 heteroatoms. The van der Waals surface area contributed by atoms with Crippen molar-refractivity contribution < 1.29 is 49.6 Å². The van der Waals surface area contributed by atoms with Crippen molar-refractivity contribution in [3.8, 4) is 0 Å². The number of carbonyl (C=O) groups excluding carboxylic acids is 1. The molecule has 2 saturated carbocycles. The highest BCUT2D eigenvalue weighted by Crippen LogP contribution is 2.28. The van der Waals surface area contributed by atoms with Crippen LogP contribution in [0.2, 0.25) is 0 Å². The Hall–Kier alpha value is -1.05. The molecule has 4 rings (SSSR count). The largest absolute Gasteiger partial charge is 0.400 e. The number of hydrogen-bond donors (Lipinski definition) is 11. The maximum atomic E-state index is 11.8. The molecule has 242 valence electrons. The fourth-order valence-corrected chi connectivity index (χ4v) is 5.46. The first-order chi connectivity index (χ1) is 19.5. The van der Waals surface area contributed by atoms with Gasteiger partial charge in [0, 0.05) is 44.7 Å². The van der Waals surface area contributed by atoms with Crippen LogP contribution in [-0.2, 0) is 19.0 Å². The standard InChI is InChI=1S/C20H39N5O5.C5H10O4.CH4O/c21-8-17(27)20(28)25-13-6-15(23)19(16(26)7-13)30-18-3-1-2-14(29-18)10-24-9-11-4-12(22)5-11;6-3-1-4(7)5(8)9-2-3;1-2/h11-19,24,26-27H,1-10,21-23H2,(H,25,28);3-8H,1-2H2;2H,1H3/t11?,12?,13?,14?,15?,16?,17?,18-,19-;;/m1../s1. The normalized spacial score (nSPS) is 39.6. The van der Waals surface area contributed by atoms with Gasteiger partial charge in [0.1, 0.15) is 18.3 Å². The van der Waals surface area contributed by atoms with Crippen LogP contribution in [-0.4, -0.2) is 137 Å². The summed E-state index contributed by atoms with van der Waals surface area (Å²) in [5.74, 6) is 0.126. The average molecular weight is 596 g/mol. The van der Waals surface area contributed by atoms with Crippen LogP contribution in [0.25, 0.3) is 0 Å². The monoisotopic (exact) mass is 595 g/mol. The van der Waals surface area contributed by atoms with Gasteiger partial charge in [-0.05, 0) is 57.4 Å². The molecule has 0 aromatic carbocycles. The first kappa shape index (κ1) is 36.1. The second kappa shape index (κ2) is 18.6. The molecule has 2 saturated heterocycles. The van der Waals surface area contributed by atoms with Gasteiger partial charge in [-0.15, -0.1) is 0 Å². The number of nitrogens with two attached hydrogens (primary N) is 3. The number of aliphatic hydroxyl groups excluding tert-OH is 6. The number of ether oxygens (including phenoxy) is 3. The van der Waals surface area contributed by atoms with E-state index in [-0.39, 0.29) is 31.7 Å². The highest BCUT2D eigenvalue weighted by molar-refractivity contribution is 5.81. The summed E-state index contributed by atoms with van der Waals surface area (Å²) in [4.78, 5) is 11.8. The van der Waals surface area contributed by atoms with Gasteiger partial charge in [0.2, 0.25) is 5.91 Å². The van der Waals surface area contributed by atoms with Gasteiger partial charge in [0.15, 0.2) is 12.6 Å². The van der Waals surface area contributed by atoms with E-state index in [0.29, 0.717) is 24.8 Å². The van der Waals surface area contributed by atoms with Crippen molar-refractivity contribution in [1.29, 1.82) is 0 Å². The van der Waals surface area contributed by atoms with E-state index in [1.54, 1.807) is 0 Å². The predicted molar refractivity (Wildman–Crippen MR) is 148 cm³/mol. The summed E-state index contributed by atoms with van der Waals surface area (Å²) < 4.78 is 16.7. The fourth-order valence-electron chi connectivity index (χ4n) is 5.46. The van der Waals surface area contributed by atoms with Crippen LogP contribution < -0.4 is 27.8 Å². The van der Waals surface area contributed by atoms with Crippen LogP contribution in [0.3, 0.4) is 0 Å². The zero-order chi connectivity index (χ0) is 30.5. The molecular formula is C26H53N5O10. The fraction of sp³-hybridized carbons (Fsp3) is 0.962. The molecule has 14 N–H and O–H groups in total. The SMILES string of the molecule is CO.NCC(O)C(=O)NC1CC(N)[C@@H](O[C@@H]2CCCC(CNCC3CC(N)C3)O2)C(O)C1.OC1COC(O)C(O)C1. The molecule has 2 aliphatic carbocycles. The van der Waals surface area contributed by atoms with Gasteiger partial charge in [-0.2, -0.15) is 0 Å². The van der Waals surface area contributed by atoms with Crippen molar-refractivity contribution in [2.45, 2.75) is 119 Å². The smallest absolute Gasteiger partial charge is 0.250 e. The number of rotatable bonds is 9. The maximum Gasteiger partial charge on any atom is 0.250 e. The number of nitrogens with one attached hydrogen (secondary N) is 2. The Balaban J connectivity index is 0.000000450. The number of hydrogen-bond acceptors (Lipinski definition) is 14. The van der Waals surface area contributed by atoms with Crippen molar-refractivity contribution >= 4 is 5.91 Å². The Bertz CT molecular complexity index is 725. The van der Waals surface area contributed by atoms with Gasteiger partial charge in [-0.25, -0.2) is 0 Å². The number of amides is 1. The van der Waals surface area contributed by atoms with Crippen molar-refractivity contribution in [2.24, 2.45) is 23.1 Å². The van der Waals surface area contributed by atoms with Gasteiger partial charge in [0.25, 0.3) is 0 Å². The Morgan fingerprint density at radius 1 is 1.00 bits per heavy atom. The van der Waals surface area contributed by atoms with Gasteiger partial charge in [0.05, 0.1) is 24.9 Å². The van der Waals surface area contributed by atoms with E-state index in [2.05, 4.69) is 15.4 Å². The van der Waals surface area contributed by atoms with E-state index >= 15 is 0 Å². The molecule has 15 nitrogen and oxygen atoms in total. The lowest BCUT2D eigenvalue weighted by atomic mass is 9.81. The summed E-state index contributed by atoms with van der Waals surface area (Å²) >= 11 is 0. The van der Waals surface area contributed by atoms with E-state index < -0.39 is 55.0 Å². The Kier molecular flexibility index (Phi) is 16.4.